The van der Waals surface area contributed by atoms with E-state index < -0.39 is 0 Å². The molecular formula is C19H15ClO. The largest absolute Gasteiger partial charge is 0.497 e. The van der Waals surface area contributed by atoms with Crippen LogP contribution in [0.1, 0.15) is 11.1 Å². The molecule has 2 heteroatoms. The molecule has 0 atom stereocenters. The minimum Gasteiger partial charge on any atom is -0.497 e. The molecule has 0 N–H and O–H groups in total. The zero-order valence-corrected chi connectivity index (χ0v) is 12.5. The second-order valence-electron chi connectivity index (χ2n) is 4.83. The van der Waals surface area contributed by atoms with Crippen molar-refractivity contribution in [2.75, 3.05) is 7.11 Å². The van der Waals surface area contributed by atoms with Crippen molar-refractivity contribution in [3.8, 4) is 5.75 Å². The average Bonchev–Trinajstić information content (AvgIpc) is 2.53. The Balaban J connectivity index is 1.93. The van der Waals surface area contributed by atoms with E-state index in [9.17, 15) is 0 Å². The number of halogens is 1. The second-order valence-corrected chi connectivity index (χ2v) is 5.23. The van der Waals surface area contributed by atoms with Crippen molar-refractivity contribution in [3.63, 3.8) is 0 Å². The molecule has 3 aromatic rings. The Bertz CT molecular complexity index is 806. The zero-order chi connectivity index (χ0) is 14.7. The van der Waals surface area contributed by atoms with Crippen LogP contribution >= 0.6 is 11.6 Å². The van der Waals surface area contributed by atoms with Crippen molar-refractivity contribution in [3.05, 3.63) is 76.8 Å². The minimum atomic E-state index is 0.763. The Hall–Kier alpha value is -2.25. The molecule has 0 radical (unpaired) electrons. The van der Waals surface area contributed by atoms with E-state index in [0.29, 0.717) is 0 Å². The van der Waals surface area contributed by atoms with E-state index in [0.717, 1.165) is 21.9 Å². The molecule has 3 aromatic carbocycles. The van der Waals surface area contributed by atoms with Crippen molar-refractivity contribution in [1.82, 2.24) is 0 Å². The van der Waals surface area contributed by atoms with Crippen LogP contribution < -0.4 is 4.74 Å². The molecule has 0 aliphatic heterocycles. The molecule has 0 aliphatic rings. The van der Waals surface area contributed by atoms with E-state index in [1.54, 1.807) is 7.11 Å². The normalized spacial score (nSPS) is 11.1. The van der Waals surface area contributed by atoms with E-state index in [2.05, 4.69) is 30.3 Å². The fraction of sp³-hybridized carbons (Fsp3) is 0.0526. The molecule has 0 aliphatic carbocycles. The number of benzene rings is 3. The van der Waals surface area contributed by atoms with Crippen molar-refractivity contribution in [2.24, 2.45) is 0 Å². The van der Waals surface area contributed by atoms with Crippen molar-refractivity contribution < 1.29 is 4.74 Å². The number of methoxy groups -OCH3 is 1. The third-order valence-corrected chi connectivity index (χ3v) is 3.78. The fourth-order valence-electron chi connectivity index (χ4n) is 2.27. The Morgan fingerprint density at radius 1 is 0.857 bits per heavy atom. The standard InChI is InChI=1S/C19H15ClO/c1-21-18-11-10-16-12-14(7-9-17(16)13-18)6-8-15-4-2-3-5-19(15)20/h2-13H,1H3/b8-6+. The van der Waals surface area contributed by atoms with Gasteiger partial charge in [-0.15, -0.1) is 0 Å². The summed E-state index contributed by atoms with van der Waals surface area (Å²) in [7, 11) is 1.68. The Labute approximate surface area is 129 Å². The average molecular weight is 295 g/mol. The van der Waals surface area contributed by atoms with E-state index in [1.807, 2.05) is 42.5 Å². The Kier molecular flexibility index (Phi) is 3.94. The van der Waals surface area contributed by atoms with Gasteiger partial charge >= 0.3 is 0 Å². The van der Waals surface area contributed by atoms with E-state index in [1.165, 1.54) is 10.8 Å². The molecule has 0 aromatic heterocycles. The molecule has 0 amide bonds. The summed E-state index contributed by atoms with van der Waals surface area (Å²) in [4.78, 5) is 0. The summed E-state index contributed by atoms with van der Waals surface area (Å²) >= 11 is 6.15. The SMILES string of the molecule is COc1ccc2cc(/C=C/c3ccccc3Cl)ccc2c1. The first-order valence-corrected chi connectivity index (χ1v) is 7.14. The molecule has 0 spiro atoms. The lowest BCUT2D eigenvalue weighted by molar-refractivity contribution is 0.415. The van der Waals surface area contributed by atoms with Crippen LogP contribution in [-0.4, -0.2) is 7.11 Å². The van der Waals surface area contributed by atoms with Gasteiger partial charge < -0.3 is 4.74 Å². The van der Waals surface area contributed by atoms with Crippen molar-refractivity contribution in [1.29, 1.82) is 0 Å². The molecule has 104 valence electrons. The molecule has 1 nitrogen and oxygen atoms in total. The highest BCUT2D eigenvalue weighted by molar-refractivity contribution is 6.32. The van der Waals surface area contributed by atoms with Gasteiger partial charge in [0.15, 0.2) is 0 Å². The fourth-order valence-corrected chi connectivity index (χ4v) is 2.47. The van der Waals surface area contributed by atoms with Gasteiger partial charge in [0.1, 0.15) is 5.75 Å². The summed E-state index contributed by atoms with van der Waals surface area (Å²) in [6.07, 6.45) is 4.11. The van der Waals surface area contributed by atoms with Crippen LogP contribution in [0.3, 0.4) is 0 Å². The summed E-state index contributed by atoms with van der Waals surface area (Å²) in [5.74, 6) is 0.877. The molecular weight excluding hydrogens is 280 g/mol. The molecule has 0 bridgehead atoms. The predicted octanol–water partition coefficient (Wildman–Crippen LogP) is 5.67. The first-order chi connectivity index (χ1) is 10.3. The van der Waals surface area contributed by atoms with Crippen LogP contribution in [0.25, 0.3) is 22.9 Å². The lowest BCUT2D eigenvalue weighted by atomic mass is 10.1. The first-order valence-electron chi connectivity index (χ1n) is 6.77. The second kappa shape index (κ2) is 6.02. The van der Waals surface area contributed by atoms with E-state index >= 15 is 0 Å². The van der Waals surface area contributed by atoms with E-state index in [4.69, 9.17) is 16.3 Å². The number of ether oxygens (including phenoxy) is 1. The van der Waals surface area contributed by atoms with Gasteiger partial charge in [0.2, 0.25) is 0 Å². The quantitative estimate of drug-likeness (QED) is 0.565. The van der Waals surface area contributed by atoms with Crippen LogP contribution in [0.2, 0.25) is 5.02 Å². The van der Waals surface area contributed by atoms with Crippen LogP contribution in [0.4, 0.5) is 0 Å². The van der Waals surface area contributed by atoms with Gasteiger partial charge in [0, 0.05) is 5.02 Å². The van der Waals surface area contributed by atoms with Crippen LogP contribution in [0, 0.1) is 0 Å². The van der Waals surface area contributed by atoms with E-state index in [-0.39, 0.29) is 0 Å². The maximum absolute atomic E-state index is 6.15. The molecule has 3 rings (SSSR count). The van der Waals surface area contributed by atoms with Crippen LogP contribution in [-0.2, 0) is 0 Å². The smallest absolute Gasteiger partial charge is 0.119 e. The zero-order valence-electron chi connectivity index (χ0n) is 11.7. The number of hydrogen-bond acceptors (Lipinski definition) is 1. The van der Waals surface area contributed by atoms with Crippen molar-refractivity contribution in [2.45, 2.75) is 0 Å². The third kappa shape index (κ3) is 3.09. The molecule has 0 saturated carbocycles. The molecule has 0 saturated heterocycles. The number of fused-ring (bicyclic) bond motifs is 1. The summed E-state index contributed by atoms with van der Waals surface area (Å²) in [5.41, 5.74) is 2.17. The molecule has 21 heavy (non-hydrogen) atoms. The molecule has 0 fully saturated rings. The number of hydrogen-bond donors (Lipinski definition) is 0. The molecule has 0 unspecified atom stereocenters. The van der Waals surface area contributed by atoms with Gasteiger partial charge in [-0.3, -0.25) is 0 Å². The van der Waals surface area contributed by atoms with Gasteiger partial charge in [-0.25, -0.2) is 0 Å². The summed E-state index contributed by atoms with van der Waals surface area (Å²) in [6, 6.07) is 20.3. The Morgan fingerprint density at radius 3 is 2.43 bits per heavy atom. The lowest BCUT2D eigenvalue weighted by Gasteiger charge is -2.03. The summed E-state index contributed by atoms with van der Waals surface area (Å²) in [5, 5.41) is 3.13. The topological polar surface area (TPSA) is 9.23 Å². The van der Waals surface area contributed by atoms with Gasteiger partial charge in [-0.05, 0) is 46.2 Å². The lowest BCUT2D eigenvalue weighted by Crippen LogP contribution is -1.82. The summed E-state index contributed by atoms with van der Waals surface area (Å²) < 4.78 is 5.24. The molecule has 0 heterocycles. The highest BCUT2D eigenvalue weighted by Gasteiger charge is 1.98. The van der Waals surface area contributed by atoms with Crippen molar-refractivity contribution >= 4 is 34.5 Å². The highest BCUT2D eigenvalue weighted by Crippen LogP contribution is 2.23. The highest BCUT2D eigenvalue weighted by atomic mass is 35.5. The van der Waals surface area contributed by atoms with Gasteiger partial charge in [-0.2, -0.15) is 0 Å². The van der Waals surface area contributed by atoms with Gasteiger partial charge in [0.05, 0.1) is 7.11 Å². The Morgan fingerprint density at radius 2 is 1.62 bits per heavy atom. The minimum absolute atomic E-state index is 0.763. The van der Waals surface area contributed by atoms with Gasteiger partial charge in [0.25, 0.3) is 0 Å². The predicted molar refractivity (Wildman–Crippen MR) is 90.9 cm³/mol. The van der Waals surface area contributed by atoms with Crippen LogP contribution in [0.5, 0.6) is 5.75 Å². The van der Waals surface area contributed by atoms with Gasteiger partial charge in [-0.1, -0.05) is 60.2 Å². The summed E-state index contributed by atoms with van der Waals surface area (Å²) in [6.45, 7) is 0. The third-order valence-electron chi connectivity index (χ3n) is 3.43. The maximum Gasteiger partial charge on any atom is 0.119 e. The van der Waals surface area contributed by atoms with Crippen LogP contribution in [0.15, 0.2) is 60.7 Å². The number of rotatable bonds is 3. The monoisotopic (exact) mass is 294 g/mol. The first kappa shape index (κ1) is 13.7. The maximum atomic E-state index is 6.15.